The lowest BCUT2D eigenvalue weighted by Gasteiger charge is -2.27. The normalized spacial score (nSPS) is 16.6. The van der Waals surface area contributed by atoms with Gasteiger partial charge in [-0.1, -0.05) is 54.1 Å². The molecule has 2 aromatic rings. The molecule has 2 nitrogen and oxygen atoms in total. The van der Waals surface area contributed by atoms with Gasteiger partial charge in [0.2, 0.25) is 0 Å². The van der Waals surface area contributed by atoms with Gasteiger partial charge in [-0.05, 0) is 37.5 Å². The van der Waals surface area contributed by atoms with Crippen LogP contribution < -0.4 is 4.74 Å². The first kappa shape index (κ1) is 14.6. The van der Waals surface area contributed by atoms with Crippen molar-refractivity contribution >= 4 is 5.78 Å². The molecule has 22 heavy (non-hydrogen) atoms. The molecule has 0 saturated heterocycles. The molecule has 1 aliphatic heterocycles. The van der Waals surface area contributed by atoms with E-state index in [1.54, 1.807) is 0 Å². The predicted octanol–water partition coefficient (Wildman–Crippen LogP) is 4.90. The Balaban J connectivity index is 1.97. The van der Waals surface area contributed by atoms with E-state index in [9.17, 15) is 4.79 Å². The maximum absolute atomic E-state index is 12.5. The summed E-state index contributed by atoms with van der Waals surface area (Å²) in [6.45, 7) is 4.16. The number of carbonyl (C=O) groups is 1. The van der Waals surface area contributed by atoms with Gasteiger partial charge in [0.05, 0.1) is 12.0 Å². The molecule has 1 unspecified atom stereocenters. The van der Waals surface area contributed by atoms with E-state index in [4.69, 9.17) is 4.74 Å². The van der Waals surface area contributed by atoms with E-state index in [-0.39, 0.29) is 11.9 Å². The molecule has 0 fully saturated rings. The van der Waals surface area contributed by atoms with E-state index in [1.165, 1.54) is 5.57 Å². The molecular formula is C20H20O2. The van der Waals surface area contributed by atoms with Gasteiger partial charge in [0.1, 0.15) is 11.9 Å². The second-order valence-electron chi connectivity index (χ2n) is 5.92. The Morgan fingerprint density at radius 2 is 1.91 bits per heavy atom. The largest absolute Gasteiger partial charge is 0.484 e. The zero-order valence-electron chi connectivity index (χ0n) is 13.0. The summed E-state index contributed by atoms with van der Waals surface area (Å²) >= 11 is 0. The molecule has 0 bridgehead atoms. The SMILES string of the molecule is CC(C)=CCc1cccc2c1OC(c1ccccc1)CC2=O. The number of benzene rings is 2. The maximum Gasteiger partial charge on any atom is 0.170 e. The predicted molar refractivity (Wildman–Crippen MR) is 88.3 cm³/mol. The summed E-state index contributed by atoms with van der Waals surface area (Å²) in [5.74, 6) is 0.916. The van der Waals surface area contributed by atoms with Crippen LogP contribution in [-0.4, -0.2) is 5.78 Å². The number of para-hydroxylation sites is 1. The molecule has 0 aliphatic carbocycles. The highest BCUT2D eigenvalue weighted by Gasteiger charge is 2.28. The van der Waals surface area contributed by atoms with Crippen molar-refractivity contribution in [2.45, 2.75) is 32.8 Å². The van der Waals surface area contributed by atoms with Gasteiger partial charge in [-0.15, -0.1) is 0 Å². The zero-order valence-corrected chi connectivity index (χ0v) is 13.0. The quantitative estimate of drug-likeness (QED) is 0.752. The summed E-state index contributed by atoms with van der Waals surface area (Å²) in [4.78, 5) is 12.5. The molecule has 0 amide bonds. The summed E-state index contributed by atoms with van der Waals surface area (Å²) in [5, 5.41) is 0. The third kappa shape index (κ3) is 2.96. The van der Waals surface area contributed by atoms with Crippen molar-refractivity contribution in [2.75, 3.05) is 0 Å². The van der Waals surface area contributed by atoms with Crippen LogP contribution in [0.1, 0.15) is 47.9 Å². The minimum atomic E-state index is -0.186. The molecule has 0 aromatic heterocycles. The standard InChI is InChI=1S/C20H20O2/c1-14(2)11-12-16-9-6-10-17-18(21)13-19(22-20(16)17)15-7-4-3-5-8-15/h3-11,19H,12-13H2,1-2H3. The molecule has 112 valence electrons. The van der Waals surface area contributed by atoms with Crippen LogP contribution in [0.15, 0.2) is 60.2 Å². The van der Waals surface area contributed by atoms with Gasteiger partial charge >= 0.3 is 0 Å². The van der Waals surface area contributed by atoms with Gasteiger partial charge < -0.3 is 4.74 Å². The summed E-state index contributed by atoms with van der Waals surface area (Å²) < 4.78 is 6.20. The third-order valence-corrected chi connectivity index (χ3v) is 3.93. The Hall–Kier alpha value is -2.35. The molecular weight excluding hydrogens is 272 g/mol. The summed E-state index contributed by atoms with van der Waals surface area (Å²) in [6, 6.07) is 15.8. The van der Waals surface area contributed by atoms with Crippen LogP contribution in [-0.2, 0) is 6.42 Å². The van der Waals surface area contributed by atoms with E-state index in [1.807, 2.05) is 48.5 Å². The van der Waals surface area contributed by atoms with Crippen LogP contribution in [0.25, 0.3) is 0 Å². The number of rotatable bonds is 3. The van der Waals surface area contributed by atoms with Gasteiger partial charge in [-0.3, -0.25) is 4.79 Å². The van der Waals surface area contributed by atoms with Crippen molar-refractivity contribution in [3.05, 3.63) is 76.9 Å². The fourth-order valence-corrected chi connectivity index (χ4v) is 2.73. The molecule has 0 N–H and O–H groups in total. The van der Waals surface area contributed by atoms with Crippen LogP contribution in [0.2, 0.25) is 0 Å². The highest BCUT2D eigenvalue weighted by Crippen LogP contribution is 2.37. The van der Waals surface area contributed by atoms with Crippen LogP contribution in [0.3, 0.4) is 0 Å². The number of hydrogen-bond donors (Lipinski definition) is 0. The monoisotopic (exact) mass is 292 g/mol. The smallest absolute Gasteiger partial charge is 0.170 e. The Labute approximate surface area is 131 Å². The van der Waals surface area contributed by atoms with Gasteiger partial charge in [-0.25, -0.2) is 0 Å². The number of ether oxygens (including phenoxy) is 1. The van der Waals surface area contributed by atoms with Crippen molar-refractivity contribution in [1.82, 2.24) is 0 Å². The van der Waals surface area contributed by atoms with Crippen LogP contribution in [0.4, 0.5) is 0 Å². The molecule has 2 aromatic carbocycles. The Bertz CT molecular complexity index is 710. The van der Waals surface area contributed by atoms with Crippen LogP contribution >= 0.6 is 0 Å². The Morgan fingerprint density at radius 3 is 2.64 bits per heavy atom. The summed E-state index contributed by atoms with van der Waals surface area (Å²) in [5.41, 5.74) is 4.11. The number of Topliss-reactive ketones (excluding diaryl/α,β-unsaturated/α-hetero) is 1. The number of hydrogen-bond acceptors (Lipinski definition) is 2. The number of ketones is 1. The molecule has 3 rings (SSSR count). The minimum Gasteiger partial charge on any atom is -0.484 e. The van der Waals surface area contributed by atoms with Gasteiger partial charge in [0, 0.05) is 0 Å². The molecule has 0 radical (unpaired) electrons. The van der Waals surface area contributed by atoms with E-state index in [0.29, 0.717) is 12.0 Å². The first-order valence-electron chi connectivity index (χ1n) is 7.65. The number of allylic oxidation sites excluding steroid dienone is 2. The van der Waals surface area contributed by atoms with Crippen molar-refractivity contribution in [2.24, 2.45) is 0 Å². The van der Waals surface area contributed by atoms with Crippen molar-refractivity contribution in [1.29, 1.82) is 0 Å². The molecule has 1 heterocycles. The molecule has 0 spiro atoms. The first-order valence-corrected chi connectivity index (χ1v) is 7.65. The minimum absolute atomic E-state index is 0.161. The highest BCUT2D eigenvalue weighted by molar-refractivity contribution is 6.00. The highest BCUT2D eigenvalue weighted by atomic mass is 16.5. The lowest BCUT2D eigenvalue weighted by molar-refractivity contribution is 0.0848. The van der Waals surface area contributed by atoms with Gasteiger partial charge in [-0.2, -0.15) is 0 Å². The fraction of sp³-hybridized carbons (Fsp3) is 0.250. The Kier molecular flexibility index (Phi) is 4.10. The first-order chi connectivity index (χ1) is 10.6. The van der Waals surface area contributed by atoms with Crippen molar-refractivity contribution in [3.63, 3.8) is 0 Å². The topological polar surface area (TPSA) is 26.3 Å². The fourth-order valence-electron chi connectivity index (χ4n) is 2.73. The second kappa shape index (κ2) is 6.18. The lowest BCUT2D eigenvalue weighted by atomic mass is 9.93. The van der Waals surface area contributed by atoms with Crippen LogP contribution in [0, 0.1) is 0 Å². The summed E-state index contributed by atoms with van der Waals surface area (Å²) in [7, 11) is 0. The lowest BCUT2D eigenvalue weighted by Crippen LogP contribution is -2.21. The second-order valence-corrected chi connectivity index (χ2v) is 5.92. The maximum atomic E-state index is 12.5. The van der Waals surface area contributed by atoms with Crippen molar-refractivity contribution < 1.29 is 9.53 Å². The van der Waals surface area contributed by atoms with Crippen LogP contribution in [0.5, 0.6) is 5.75 Å². The van der Waals surface area contributed by atoms with Gasteiger partial charge in [0.15, 0.2) is 5.78 Å². The third-order valence-electron chi connectivity index (χ3n) is 3.93. The number of carbonyl (C=O) groups excluding carboxylic acids is 1. The van der Waals surface area contributed by atoms with E-state index in [0.717, 1.165) is 23.3 Å². The van der Waals surface area contributed by atoms with Gasteiger partial charge in [0.25, 0.3) is 0 Å². The summed E-state index contributed by atoms with van der Waals surface area (Å²) in [6.07, 6.45) is 3.17. The molecule has 0 saturated carbocycles. The molecule has 1 atom stereocenters. The van der Waals surface area contributed by atoms with Crippen molar-refractivity contribution in [3.8, 4) is 5.75 Å². The average Bonchev–Trinajstić information content (AvgIpc) is 2.53. The Morgan fingerprint density at radius 1 is 1.14 bits per heavy atom. The van der Waals surface area contributed by atoms with E-state index in [2.05, 4.69) is 19.9 Å². The molecule has 1 aliphatic rings. The molecule has 2 heteroatoms. The van der Waals surface area contributed by atoms with E-state index >= 15 is 0 Å². The average molecular weight is 292 g/mol. The van der Waals surface area contributed by atoms with E-state index < -0.39 is 0 Å². The number of fused-ring (bicyclic) bond motifs is 1. The zero-order chi connectivity index (χ0) is 15.5.